The van der Waals surface area contributed by atoms with Gasteiger partial charge in [0, 0.05) is 11.9 Å². The molecule has 7 heteroatoms. The van der Waals surface area contributed by atoms with E-state index in [9.17, 15) is 4.79 Å². The van der Waals surface area contributed by atoms with Gasteiger partial charge in [-0.05, 0) is 24.3 Å². The summed E-state index contributed by atoms with van der Waals surface area (Å²) in [6, 6.07) is 6.57. The Kier molecular flexibility index (Phi) is 3.30. The summed E-state index contributed by atoms with van der Waals surface area (Å²) < 4.78 is 0. The summed E-state index contributed by atoms with van der Waals surface area (Å²) in [5.74, 6) is -0.285. The van der Waals surface area contributed by atoms with Crippen molar-refractivity contribution >= 4 is 46.0 Å². The Balaban J connectivity index is 1.86. The van der Waals surface area contributed by atoms with Gasteiger partial charge in [-0.2, -0.15) is 0 Å². The van der Waals surface area contributed by atoms with Gasteiger partial charge in [-0.3, -0.25) is 4.79 Å². The molecule has 20 heavy (non-hydrogen) atoms. The van der Waals surface area contributed by atoms with Crippen LogP contribution in [0.4, 0.5) is 5.69 Å². The predicted octanol–water partition coefficient (Wildman–Crippen LogP) is 3.52. The second-order valence-electron chi connectivity index (χ2n) is 4.08. The number of benzene rings is 1. The summed E-state index contributed by atoms with van der Waals surface area (Å²) in [5.41, 5.74) is 2.25. The molecule has 1 amide bonds. The molecule has 100 valence electrons. The minimum absolute atomic E-state index is 0.285. The minimum Gasteiger partial charge on any atom is -0.343 e. The second-order valence-corrected chi connectivity index (χ2v) is 4.90. The number of hydrogen-bond donors (Lipinski definition) is 2. The third-order valence-corrected chi connectivity index (χ3v) is 3.45. The molecule has 2 N–H and O–H groups in total. The van der Waals surface area contributed by atoms with E-state index in [0.717, 1.165) is 0 Å². The molecule has 3 rings (SSSR count). The third-order valence-electron chi connectivity index (χ3n) is 2.71. The molecule has 0 fully saturated rings. The largest absolute Gasteiger partial charge is 0.343 e. The smallest absolute Gasteiger partial charge is 0.257 e. The molecule has 0 atom stereocenters. The lowest BCUT2D eigenvalue weighted by Gasteiger charge is -2.06. The summed E-state index contributed by atoms with van der Waals surface area (Å²) in [7, 11) is 0. The lowest BCUT2D eigenvalue weighted by atomic mass is 10.2. The van der Waals surface area contributed by atoms with Crippen LogP contribution in [0, 0.1) is 0 Å². The lowest BCUT2D eigenvalue weighted by molar-refractivity contribution is 0.102. The number of nitrogens with one attached hydrogen (secondary N) is 2. The number of rotatable bonds is 2. The molecule has 0 spiro atoms. The van der Waals surface area contributed by atoms with E-state index in [4.69, 9.17) is 23.2 Å². The molecule has 0 bridgehead atoms. The number of pyridine rings is 1. The maximum atomic E-state index is 12.1. The lowest BCUT2D eigenvalue weighted by Crippen LogP contribution is -2.12. The van der Waals surface area contributed by atoms with Crippen LogP contribution in [0.1, 0.15) is 10.4 Å². The van der Waals surface area contributed by atoms with E-state index in [1.54, 1.807) is 24.3 Å². The van der Waals surface area contributed by atoms with Gasteiger partial charge in [-0.25, -0.2) is 9.97 Å². The van der Waals surface area contributed by atoms with Crippen molar-refractivity contribution in [1.82, 2.24) is 15.0 Å². The molecule has 0 saturated heterocycles. The van der Waals surface area contributed by atoms with Crippen molar-refractivity contribution in [3.63, 3.8) is 0 Å². The fourth-order valence-electron chi connectivity index (χ4n) is 1.73. The van der Waals surface area contributed by atoms with E-state index in [2.05, 4.69) is 20.3 Å². The van der Waals surface area contributed by atoms with Gasteiger partial charge in [-0.1, -0.05) is 23.2 Å². The van der Waals surface area contributed by atoms with Crippen LogP contribution in [0.25, 0.3) is 11.2 Å². The fraction of sp³-hybridized carbons (Fsp3) is 0. The van der Waals surface area contributed by atoms with E-state index in [0.29, 0.717) is 32.5 Å². The van der Waals surface area contributed by atoms with Crippen molar-refractivity contribution in [2.45, 2.75) is 0 Å². The topological polar surface area (TPSA) is 70.7 Å². The Morgan fingerprint density at radius 1 is 1.15 bits per heavy atom. The van der Waals surface area contributed by atoms with Crippen LogP contribution in [-0.4, -0.2) is 20.9 Å². The SMILES string of the molecule is O=C(Nc1ccc(Cl)c(Cl)c1)c1cnc2nc[nH]c2c1. The van der Waals surface area contributed by atoms with Crippen molar-refractivity contribution in [3.8, 4) is 0 Å². The standard InChI is InChI=1S/C13H8Cl2N4O/c14-9-2-1-8(4-10(9)15)19-13(20)7-3-11-12(16-5-7)18-6-17-11/h1-6H,(H,19,20)(H,16,17,18). The third kappa shape index (κ3) is 2.45. The number of imidazole rings is 1. The number of fused-ring (bicyclic) bond motifs is 1. The van der Waals surface area contributed by atoms with Crippen LogP contribution in [0.3, 0.4) is 0 Å². The van der Waals surface area contributed by atoms with E-state index >= 15 is 0 Å². The maximum absolute atomic E-state index is 12.1. The highest BCUT2D eigenvalue weighted by Crippen LogP contribution is 2.25. The summed E-state index contributed by atoms with van der Waals surface area (Å²) in [4.78, 5) is 23.1. The quantitative estimate of drug-likeness (QED) is 0.761. The molecule has 2 aromatic heterocycles. The first-order chi connectivity index (χ1) is 9.63. The summed E-state index contributed by atoms with van der Waals surface area (Å²) in [5, 5.41) is 3.54. The number of nitrogens with zero attached hydrogens (tertiary/aromatic N) is 2. The summed E-state index contributed by atoms with van der Waals surface area (Å²) in [6.07, 6.45) is 2.99. The van der Waals surface area contributed by atoms with Gasteiger partial charge in [0.25, 0.3) is 5.91 Å². The molecule has 1 aromatic carbocycles. The Morgan fingerprint density at radius 3 is 2.80 bits per heavy atom. The molecule has 0 radical (unpaired) electrons. The highest BCUT2D eigenvalue weighted by molar-refractivity contribution is 6.42. The molecule has 0 saturated carbocycles. The second kappa shape index (κ2) is 5.11. The monoisotopic (exact) mass is 306 g/mol. The molecular formula is C13H8Cl2N4O. The predicted molar refractivity (Wildman–Crippen MR) is 78.3 cm³/mol. The Morgan fingerprint density at radius 2 is 2.00 bits per heavy atom. The van der Waals surface area contributed by atoms with Gasteiger partial charge in [0.15, 0.2) is 5.65 Å². The van der Waals surface area contributed by atoms with Crippen LogP contribution in [-0.2, 0) is 0 Å². The maximum Gasteiger partial charge on any atom is 0.257 e. The highest BCUT2D eigenvalue weighted by atomic mass is 35.5. The van der Waals surface area contributed by atoms with Crippen LogP contribution < -0.4 is 5.32 Å². The van der Waals surface area contributed by atoms with Crippen molar-refractivity contribution in [1.29, 1.82) is 0 Å². The van der Waals surface area contributed by atoms with Crippen LogP contribution in [0.15, 0.2) is 36.8 Å². The zero-order valence-corrected chi connectivity index (χ0v) is 11.5. The van der Waals surface area contributed by atoms with Crippen molar-refractivity contribution in [2.24, 2.45) is 0 Å². The van der Waals surface area contributed by atoms with Gasteiger partial charge >= 0.3 is 0 Å². The van der Waals surface area contributed by atoms with Crippen molar-refractivity contribution in [3.05, 3.63) is 52.4 Å². The van der Waals surface area contributed by atoms with E-state index in [1.807, 2.05) is 0 Å². The Labute approximate surface area is 124 Å². The molecule has 5 nitrogen and oxygen atoms in total. The molecule has 2 heterocycles. The number of H-pyrrole nitrogens is 1. The van der Waals surface area contributed by atoms with Gasteiger partial charge in [0.2, 0.25) is 0 Å². The number of hydrogen-bond acceptors (Lipinski definition) is 3. The van der Waals surface area contributed by atoms with Crippen molar-refractivity contribution in [2.75, 3.05) is 5.32 Å². The number of halogens is 2. The average Bonchev–Trinajstić information content (AvgIpc) is 2.90. The van der Waals surface area contributed by atoms with Gasteiger partial charge in [0.1, 0.15) is 0 Å². The van der Waals surface area contributed by atoms with Gasteiger partial charge < -0.3 is 10.3 Å². The van der Waals surface area contributed by atoms with E-state index in [1.165, 1.54) is 12.5 Å². The number of aromatic nitrogens is 3. The average molecular weight is 307 g/mol. The van der Waals surface area contributed by atoms with E-state index in [-0.39, 0.29) is 5.91 Å². The Hall–Kier alpha value is -2.11. The number of carbonyl (C=O) groups is 1. The number of aromatic amines is 1. The van der Waals surface area contributed by atoms with Gasteiger partial charge in [-0.15, -0.1) is 0 Å². The van der Waals surface area contributed by atoms with Gasteiger partial charge in [0.05, 0.1) is 27.5 Å². The molecule has 0 aliphatic heterocycles. The first kappa shape index (κ1) is 12.9. The number of anilines is 1. The van der Waals surface area contributed by atoms with Crippen LogP contribution >= 0.6 is 23.2 Å². The first-order valence-corrected chi connectivity index (χ1v) is 6.44. The normalized spacial score (nSPS) is 10.7. The molecule has 3 aromatic rings. The van der Waals surface area contributed by atoms with Crippen LogP contribution in [0.2, 0.25) is 10.0 Å². The summed E-state index contributed by atoms with van der Waals surface area (Å²) in [6.45, 7) is 0. The Bertz CT molecular complexity index is 800. The summed E-state index contributed by atoms with van der Waals surface area (Å²) >= 11 is 11.7. The zero-order chi connectivity index (χ0) is 14.1. The van der Waals surface area contributed by atoms with Crippen molar-refractivity contribution < 1.29 is 4.79 Å². The molecule has 0 aliphatic carbocycles. The molecule has 0 aliphatic rings. The first-order valence-electron chi connectivity index (χ1n) is 5.69. The highest BCUT2D eigenvalue weighted by Gasteiger charge is 2.09. The number of amides is 1. The fourth-order valence-corrected chi connectivity index (χ4v) is 2.03. The molecular weight excluding hydrogens is 299 g/mol. The number of carbonyl (C=O) groups excluding carboxylic acids is 1. The molecule has 0 unspecified atom stereocenters. The zero-order valence-electron chi connectivity index (χ0n) is 10.0. The van der Waals surface area contributed by atoms with Crippen LogP contribution in [0.5, 0.6) is 0 Å². The minimum atomic E-state index is -0.285. The van der Waals surface area contributed by atoms with E-state index < -0.39 is 0 Å².